The maximum Gasteiger partial charge on any atom is 0.0459 e. The van der Waals surface area contributed by atoms with E-state index in [1.807, 2.05) is 45.1 Å². The molecule has 2 aromatic carbocycles. The lowest BCUT2D eigenvalue weighted by molar-refractivity contribution is 1.00. The van der Waals surface area contributed by atoms with Crippen LogP contribution < -0.4 is 10.2 Å². The monoisotopic (exact) mass is 476 g/mol. The number of nitrogens with one attached hydrogen (secondary N) is 1. The number of hydrogen-bond acceptors (Lipinski definition) is 2. The molecular formula is C34H40N2. The Morgan fingerprint density at radius 2 is 1.50 bits per heavy atom. The highest BCUT2D eigenvalue weighted by Crippen LogP contribution is 2.27. The molecular weight excluding hydrogens is 436 g/mol. The zero-order valence-electron chi connectivity index (χ0n) is 22.3. The topological polar surface area (TPSA) is 15.3 Å². The molecule has 2 heteroatoms. The molecule has 0 heterocycles. The summed E-state index contributed by atoms with van der Waals surface area (Å²) in [5.41, 5.74) is 8.50. The fourth-order valence-corrected chi connectivity index (χ4v) is 3.45. The molecule has 0 radical (unpaired) electrons. The van der Waals surface area contributed by atoms with Crippen LogP contribution in [0.1, 0.15) is 39.7 Å². The van der Waals surface area contributed by atoms with Gasteiger partial charge in [-0.25, -0.2) is 0 Å². The van der Waals surface area contributed by atoms with Crippen LogP contribution in [-0.2, 0) is 6.42 Å². The highest BCUT2D eigenvalue weighted by atomic mass is 15.1. The van der Waals surface area contributed by atoms with Gasteiger partial charge in [-0.2, -0.15) is 0 Å². The quantitative estimate of drug-likeness (QED) is 0.289. The number of rotatable bonds is 13. The van der Waals surface area contributed by atoms with Crippen LogP contribution in [-0.4, -0.2) is 0 Å². The van der Waals surface area contributed by atoms with Crippen molar-refractivity contribution in [2.24, 2.45) is 0 Å². The van der Waals surface area contributed by atoms with Crippen LogP contribution in [0.15, 0.2) is 145 Å². The van der Waals surface area contributed by atoms with Gasteiger partial charge in [-0.05, 0) is 94.7 Å². The largest absolute Gasteiger partial charge is 0.356 e. The van der Waals surface area contributed by atoms with E-state index in [0.717, 1.165) is 52.4 Å². The molecule has 0 bridgehead atoms. The molecule has 0 saturated heterocycles. The molecule has 0 unspecified atom stereocenters. The van der Waals surface area contributed by atoms with E-state index in [-0.39, 0.29) is 0 Å². The average Bonchev–Trinajstić information content (AvgIpc) is 2.88. The summed E-state index contributed by atoms with van der Waals surface area (Å²) in [7, 11) is 0. The minimum atomic E-state index is 0.869. The highest BCUT2D eigenvalue weighted by Gasteiger charge is 2.11. The zero-order chi connectivity index (χ0) is 26.3. The van der Waals surface area contributed by atoms with Crippen molar-refractivity contribution in [1.29, 1.82) is 0 Å². The van der Waals surface area contributed by atoms with Gasteiger partial charge in [0, 0.05) is 28.5 Å². The molecule has 36 heavy (non-hydrogen) atoms. The molecule has 1 N–H and O–H groups in total. The van der Waals surface area contributed by atoms with E-state index in [1.54, 1.807) is 0 Å². The van der Waals surface area contributed by atoms with Crippen LogP contribution in [0.25, 0.3) is 0 Å². The number of benzene rings is 2. The van der Waals surface area contributed by atoms with Gasteiger partial charge in [0.05, 0.1) is 0 Å². The van der Waals surface area contributed by atoms with Crippen molar-refractivity contribution in [3.63, 3.8) is 0 Å². The maximum absolute atomic E-state index is 4.30. The van der Waals surface area contributed by atoms with Crippen LogP contribution in [0.5, 0.6) is 0 Å². The number of anilines is 3. The molecule has 2 nitrogen and oxygen atoms in total. The van der Waals surface area contributed by atoms with Gasteiger partial charge in [-0.1, -0.05) is 85.5 Å². The fourth-order valence-electron chi connectivity index (χ4n) is 3.45. The van der Waals surface area contributed by atoms with E-state index in [0.29, 0.717) is 0 Å². The molecule has 186 valence electrons. The Bertz CT molecular complexity index is 1170. The van der Waals surface area contributed by atoms with E-state index in [1.165, 1.54) is 5.56 Å². The number of hydrogen-bond donors (Lipinski definition) is 1. The summed E-state index contributed by atoms with van der Waals surface area (Å²) in [5, 5.41) is 3.50. The number of aryl methyl sites for hydroxylation is 1. The van der Waals surface area contributed by atoms with Gasteiger partial charge in [0.15, 0.2) is 0 Å². The minimum Gasteiger partial charge on any atom is -0.356 e. The van der Waals surface area contributed by atoms with E-state index in [2.05, 4.69) is 116 Å². The second kappa shape index (κ2) is 15.1. The summed E-state index contributed by atoms with van der Waals surface area (Å²) in [6, 6.07) is 17.0. The second-order valence-electron chi connectivity index (χ2n) is 8.79. The number of nitrogens with zero attached hydrogens (tertiary/aromatic N) is 1. The van der Waals surface area contributed by atoms with E-state index < -0.39 is 0 Å². The zero-order valence-corrected chi connectivity index (χ0v) is 22.3. The average molecular weight is 477 g/mol. The van der Waals surface area contributed by atoms with E-state index >= 15 is 0 Å². The molecule has 0 aliphatic rings. The Balaban J connectivity index is 2.16. The smallest absolute Gasteiger partial charge is 0.0459 e. The summed E-state index contributed by atoms with van der Waals surface area (Å²) in [6.45, 7) is 20.2. The van der Waals surface area contributed by atoms with Gasteiger partial charge >= 0.3 is 0 Å². The Morgan fingerprint density at radius 3 is 2.08 bits per heavy atom. The molecule has 0 amide bonds. The van der Waals surface area contributed by atoms with Gasteiger partial charge in [0.1, 0.15) is 0 Å². The van der Waals surface area contributed by atoms with E-state index in [4.69, 9.17) is 0 Å². The van der Waals surface area contributed by atoms with Crippen molar-refractivity contribution in [2.75, 3.05) is 10.2 Å². The molecule has 0 aliphatic carbocycles. The van der Waals surface area contributed by atoms with E-state index in [9.17, 15) is 0 Å². The first-order chi connectivity index (χ1) is 17.3. The molecule has 0 spiro atoms. The Hall–Kier alpha value is -4.04. The summed E-state index contributed by atoms with van der Waals surface area (Å²) >= 11 is 0. The van der Waals surface area contributed by atoms with Gasteiger partial charge in [0.2, 0.25) is 0 Å². The fraction of sp³-hybridized carbons (Fsp3) is 0.176. The predicted octanol–water partition coefficient (Wildman–Crippen LogP) is 9.98. The predicted molar refractivity (Wildman–Crippen MR) is 162 cm³/mol. The van der Waals surface area contributed by atoms with Crippen molar-refractivity contribution in [3.8, 4) is 0 Å². The molecule has 0 saturated carbocycles. The first kappa shape index (κ1) is 28.2. The van der Waals surface area contributed by atoms with Gasteiger partial charge in [0.25, 0.3) is 0 Å². The summed E-state index contributed by atoms with van der Waals surface area (Å²) in [5.74, 6) is 0. The third kappa shape index (κ3) is 9.68. The van der Waals surface area contributed by atoms with Crippen LogP contribution in [0, 0.1) is 0 Å². The summed E-state index contributed by atoms with van der Waals surface area (Å²) in [4.78, 5) is 2.13. The lowest BCUT2D eigenvalue weighted by atomic mass is 10.1. The first-order valence-corrected chi connectivity index (χ1v) is 12.4. The van der Waals surface area contributed by atoms with Crippen molar-refractivity contribution >= 4 is 17.1 Å². The van der Waals surface area contributed by atoms with Gasteiger partial charge in [-0.15, -0.1) is 0 Å². The van der Waals surface area contributed by atoms with Crippen molar-refractivity contribution < 1.29 is 0 Å². The molecule has 0 fully saturated rings. The molecule has 2 rings (SSSR count). The summed E-state index contributed by atoms with van der Waals surface area (Å²) < 4.78 is 0. The molecule has 0 aliphatic heterocycles. The highest BCUT2D eigenvalue weighted by molar-refractivity contribution is 5.66. The van der Waals surface area contributed by atoms with Gasteiger partial charge < -0.3 is 10.2 Å². The maximum atomic E-state index is 4.30. The standard InChI is InChI=1S/C34H40N2/c1-8-10-11-12-13-14-31-19-21-32(22-20-31)35-33-23-25-34(26-24-33)36(29(6)17-15-27(3)4)30(7)18-16-28(5)9-2/h8-12,15-26,35H,2-3,6,13-14H2,1,4-5,7H3/b10-8-,12-11-,17-15-,28-16-,30-18+. The second-order valence-corrected chi connectivity index (χ2v) is 8.79. The SMILES string of the molecule is C=C/C(C)=C\C=C(/C)N(C(=C)/C=C\C(=C)C)c1ccc(Nc2ccc(CC/C=C\C=C/C)cc2)cc1. The van der Waals surface area contributed by atoms with Crippen LogP contribution in [0.4, 0.5) is 17.1 Å². The first-order valence-electron chi connectivity index (χ1n) is 12.4. The van der Waals surface area contributed by atoms with Crippen LogP contribution in [0.3, 0.4) is 0 Å². The Kier molecular flexibility index (Phi) is 11.8. The third-order valence-corrected chi connectivity index (χ3v) is 5.52. The summed E-state index contributed by atoms with van der Waals surface area (Å²) in [6.07, 6.45) is 20.4. The van der Waals surface area contributed by atoms with Crippen molar-refractivity contribution in [2.45, 2.75) is 40.5 Å². The molecule has 2 aromatic rings. The lowest BCUT2D eigenvalue weighted by Crippen LogP contribution is -2.18. The van der Waals surface area contributed by atoms with Crippen LogP contribution in [0.2, 0.25) is 0 Å². The Morgan fingerprint density at radius 1 is 0.861 bits per heavy atom. The van der Waals surface area contributed by atoms with Crippen LogP contribution >= 0.6 is 0 Å². The van der Waals surface area contributed by atoms with Gasteiger partial charge in [-0.3, -0.25) is 0 Å². The minimum absolute atomic E-state index is 0.869. The number of allylic oxidation sites excluding steroid dienone is 12. The van der Waals surface area contributed by atoms with Crippen molar-refractivity contribution in [3.05, 3.63) is 151 Å². The molecule has 0 aromatic heterocycles. The lowest BCUT2D eigenvalue weighted by Gasteiger charge is -2.26. The third-order valence-electron chi connectivity index (χ3n) is 5.52. The Labute approximate surface area is 218 Å². The van der Waals surface area contributed by atoms with Crippen molar-refractivity contribution in [1.82, 2.24) is 0 Å². The molecule has 0 atom stereocenters. The normalized spacial score (nSPS) is 12.4.